The molecule has 0 aromatic rings. The van der Waals surface area contributed by atoms with E-state index in [2.05, 4.69) is 0 Å². The second-order valence-corrected chi connectivity index (χ2v) is 13.6. The van der Waals surface area contributed by atoms with Gasteiger partial charge in [-0.25, -0.2) is 19.2 Å². The lowest BCUT2D eigenvalue weighted by Gasteiger charge is -2.43. The Kier molecular flexibility index (Phi) is 15.6. The predicted molar refractivity (Wildman–Crippen MR) is 164 cm³/mol. The zero-order valence-electron chi connectivity index (χ0n) is 28.5. The first-order valence-electron chi connectivity index (χ1n) is 16.8. The van der Waals surface area contributed by atoms with Crippen molar-refractivity contribution in [1.29, 1.82) is 0 Å². The van der Waals surface area contributed by atoms with Gasteiger partial charge in [-0.2, -0.15) is 0 Å². The summed E-state index contributed by atoms with van der Waals surface area (Å²) in [5, 5.41) is 141. The van der Waals surface area contributed by atoms with Crippen LogP contribution in [0.2, 0.25) is 0 Å². The van der Waals surface area contributed by atoms with Gasteiger partial charge in [-0.3, -0.25) is 0 Å². The van der Waals surface area contributed by atoms with Crippen molar-refractivity contribution in [3.05, 3.63) is 0 Å². The number of hydrogen-bond acceptors (Lipinski definition) is 21. The van der Waals surface area contributed by atoms with Crippen LogP contribution in [0.5, 0.6) is 0 Å². The second kappa shape index (κ2) is 19.1. The van der Waals surface area contributed by atoms with Gasteiger partial charge in [-0.1, -0.05) is 0 Å². The smallest absolute Gasteiger partial charge is 0.335 e. The lowest BCUT2D eigenvalue weighted by Crippen LogP contribution is -2.61. The minimum absolute atomic E-state index is 0.644. The van der Waals surface area contributed by atoms with Gasteiger partial charge < -0.3 is 105 Å². The molecule has 4 rings (SSSR count). The average molecular weight is 807 g/mol. The van der Waals surface area contributed by atoms with Crippen molar-refractivity contribution in [2.45, 2.75) is 104 Å². The molecule has 4 aliphatic rings. The van der Waals surface area contributed by atoms with E-state index in [1.54, 1.807) is 0 Å². The minimum Gasteiger partial charge on any atom is -0.479 e. The van der Waals surface area contributed by atoms with Crippen LogP contribution in [-0.4, -0.2) is 239 Å². The Labute approximate surface area is 309 Å². The first-order valence-corrected chi connectivity index (χ1v) is 16.8. The molecule has 0 amide bonds. The summed E-state index contributed by atoms with van der Waals surface area (Å²) in [5.41, 5.74) is 0. The van der Waals surface area contributed by atoms with Crippen molar-refractivity contribution in [2.24, 2.45) is 17.8 Å². The van der Waals surface area contributed by atoms with E-state index in [1.165, 1.54) is 0 Å². The molecule has 0 radical (unpaired) electrons. The van der Waals surface area contributed by atoms with Gasteiger partial charge in [0.1, 0.15) is 54.9 Å². The highest BCUT2D eigenvalue weighted by Crippen LogP contribution is 2.32. The summed E-state index contributed by atoms with van der Waals surface area (Å²) in [6.45, 7) is -4.00. The van der Waals surface area contributed by atoms with Crippen LogP contribution in [0.15, 0.2) is 0 Å². The zero-order chi connectivity index (χ0) is 41.0. The molecule has 4 heterocycles. The summed E-state index contributed by atoms with van der Waals surface area (Å²) in [4.78, 5) is 47.0. The Hall–Kier alpha value is -2.80. The zero-order valence-corrected chi connectivity index (χ0v) is 28.5. The number of carboxylic acids is 4. The number of rotatable bonds is 16. The summed E-state index contributed by atoms with van der Waals surface area (Å²) >= 11 is 0. The normalized spacial score (nSPS) is 45.1. The number of ether oxygens (including phenoxy) is 7. The fraction of sp³-hybridized carbons (Fsp3) is 0.867. The predicted octanol–water partition coefficient (Wildman–Crippen LogP) is -8.51. The SMILES string of the molecule is O=C(O)[C@H]1O[C@H](COC[C@@H]2[C@H](O)[C@@H](O)[C@@H](COC[C@@H]3[C@H](O)[C@@H](O)[C@@H](COC[C@@H]4[C@H](O)[C@@H](O)[C@@H](O)O[C@@H]4C(=O)O)O[C@@H]3C(=O)O)O[C@@H]2C(=O)O)[C@H](O)[C@@H](O)[C@H]1O. The molecule has 4 fully saturated rings. The molecule has 25 nitrogen and oxygen atoms in total. The van der Waals surface area contributed by atoms with Crippen LogP contribution in [0.3, 0.4) is 0 Å². The van der Waals surface area contributed by atoms with Crippen molar-refractivity contribution in [3.63, 3.8) is 0 Å². The first-order chi connectivity index (χ1) is 25.8. The van der Waals surface area contributed by atoms with E-state index in [9.17, 15) is 90.7 Å². The van der Waals surface area contributed by atoms with Gasteiger partial charge in [0.25, 0.3) is 0 Å². The largest absolute Gasteiger partial charge is 0.479 e. The Bertz CT molecular complexity index is 1320. The van der Waals surface area contributed by atoms with Crippen molar-refractivity contribution in [1.82, 2.24) is 0 Å². The molecule has 25 heteroatoms. The Balaban J connectivity index is 1.30. The summed E-state index contributed by atoms with van der Waals surface area (Å²) in [7, 11) is 0. The lowest BCUT2D eigenvalue weighted by molar-refractivity contribution is -0.275. The van der Waals surface area contributed by atoms with Crippen LogP contribution in [-0.2, 0) is 52.3 Å². The van der Waals surface area contributed by atoms with E-state index < -0.39 is 185 Å². The number of carboxylic acid groups (broad SMARTS) is 4. The van der Waals surface area contributed by atoms with Crippen LogP contribution >= 0.6 is 0 Å². The third kappa shape index (κ3) is 10.0. The van der Waals surface area contributed by atoms with E-state index in [0.29, 0.717) is 0 Å². The van der Waals surface area contributed by atoms with Crippen LogP contribution < -0.4 is 0 Å². The van der Waals surface area contributed by atoms with Gasteiger partial charge in [-0.05, 0) is 0 Å². The average Bonchev–Trinajstić information content (AvgIpc) is 3.12. The molecule has 0 bridgehead atoms. The molecule has 0 aliphatic carbocycles. The van der Waals surface area contributed by atoms with Gasteiger partial charge in [0.2, 0.25) is 0 Å². The molecule has 4 aliphatic heterocycles. The summed E-state index contributed by atoms with van der Waals surface area (Å²) in [6, 6.07) is 0. The maximum absolute atomic E-state index is 12.1. The number of aliphatic hydroxyl groups excluding tert-OH is 10. The highest BCUT2D eigenvalue weighted by Gasteiger charge is 2.52. The van der Waals surface area contributed by atoms with Gasteiger partial charge in [-0.15, -0.1) is 0 Å². The molecule has 0 aromatic heterocycles. The van der Waals surface area contributed by atoms with E-state index in [-0.39, 0.29) is 0 Å². The standard InChI is InChI=1S/C30H46O25/c31-13-7(22(26(40)41)53-11(17(13)35)5-51-3-9-15(33)21(39)30(48)55-24(9)28(44)45)1-49-4-10-16(34)14(32)8(23(52-10)27(42)43)2-50-6-12-18(36)19(37)20(38)25(54-12)29(46)47/h7-25,30-39,48H,1-6H2,(H,40,41)(H,42,43)(H,44,45)(H,46,47)/t7-,8-,9-,10-,11-,12-,13+,14+,15+,16+,17+,18+,19-,20-,21-,22+,23+,24+,25+,30+/m1/s1. The summed E-state index contributed by atoms with van der Waals surface area (Å²) in [6.07, 6.45) is -30.9. The van der Waals surface area contributed by atoms with Crippen molar-refractivity contribution >= 4 is 23.9 Å². The fourth-order valence-corrected chi connectivity index (χ4v) is 6.79. The van der Waals surface area contributed by atoms with Gasteiger partial charge in [0.15, 0.2) is 30.7 Å². The van der Waals surface area contributed by atoms with Crippen LogP contribution in [0, 0.1) is 17.8 Å². The Morgan fingerprint density at radius 1 is 0.345 bits per heavy atom. The molecule has 0 spiro atoms. The number of carbonyl (C=O) groups is 4. The Morgan fingerprint density at radius 2 is 0.636 bits per heavy atom. The van der Waals surface area contributed by atoms with E-state index in [4.69, 9.17) is 33.2 Å². The molecule has 0 aromatic carbocycles. The highest BCUT2D eigenvalue weighted by atomic mass is 16.6. The molecule has 14 N–H and O–H groups in total. The molecule has 55 heavy (non-hydrogen) atoms. The topological polar surface area (TPSA) is 416 Å². The molecule has 0 saturated carbocycles. The van der Waals surface area contributed by atoms with Crippen LogP contribution in [0.1, 0.15) is 0 Å². The van der Waals surface area contributed by atoms with Gasteiger partial charge in [0.05, 0.1) is 58.0 Å². The lowest BCUT2D eigenvalue weighted by atomic mass is 9.86. The number of aliphatic hydroxyl groups is 10. The Morgan fingerprint density at radius 3 is 0.982 bits per heavy atom. The highest BCUT2D eigenvalue weighted by molar-refractivity contribution is 5.74. The summed E-state index contributed by atoms with van der Waals surface area (Å²) < 4.78 is 36.8. The van der Waals surface area contributed by atoms with Gasteiger partial charge >= 0.3 is 23.9 Å². The second-order valence-electron chi connectivity index (χ2n) is 13.6. The van der Waals surface area contributed by atoms with Gasteiger partial charge in [0, 0.05) is 17.8 Å². The minimum atomic E-state index is -2.01. The van der Waals surface area contributed by atoms with E-state index >= 15 is 0 Å². The summed E-state index contributed by atoms with van der Waals surface area (Å²) in [5.74, 6) is -10.9. The van der Waals surface area contributed by atoms with Crippen molar-refractivity contribution in [3.8, 4) is 0 Å². The molecular formula is C30H46O25. The van der Waals surface area contributed by atoms with E-state index in [0.717, 1.165) is 0 Å². The van der Waals surface area contributed by atoms with Crippen molar-refractivity contribution in [2.75, 3.05) is 39.6 Å². The third-order valence-corrected chi connectivity index (χ3v) is 9.98. The van der Waals surface area contributed by atoms with E-state index in [1.807, 2.05) is 0 Å². The molecule has 20 atom stereocenters. The van der Waals surface area contributed by atoms with Crippen LogP contribution in [0.25, 0.3) is 0 Å². The maximum Gasteiger partial charge on any atom is 0.335 e. The first kappa shape index (κ1) is 44.9. The maximum atomic E-state index is 12.1. The fourth-order valence-electron chi connectivity index (χ4n) is 6.79. The monoisotopic (exact) mass is 806 g/mol. The molecular weight excluding hydrogens is 760 g/mol. The van der Waals surface area contributed by atoms with Crippen LogP contribution in [0.4, 0.5) is 0 Å². The molecule has 4 saturated heterocycles. The number of aliphatic carboxylic acids is 4. The molecule has 316 valence electrons. The third-order valence-electron chi connectivity index (χ3n) is 9.98. The molecule has 0 unspecified atom stereocenters. The number of hydrogen-bond donors (Lipinski definition) is 14. The quantitative estimate of drug-likeness (QED) is 0.0688. The van der Waals surface area contributed by atoms with Crippen molar-refractivity contribution < 1.29 is 124 Å².